The number of rotatable bonds is 4. The van der Waals surface area contributed by atoms with Crippen LogP contribution in [-0.4, -0.2) is 30.5 Å². The molecule has 1 aromatic heterocycles. The summed E-state index contributed by atoms with van der Waals surface area (Å²) in [4.78, 5) is 0. The monoisotopic (exact) mass is 298 g/mol. The molecule has 0 aromatic carbocycles. The van der Waals surface area contributed by atoms with Crippen LogP contribution in [0.1, 0.15) is 50.8 Å². The maximum atomic E-state index is 12.2. The predicted molar refractivity (Wildman–Crippen MR) is 82.7 cm³/mol. The number of nitrogens with zero attached hydrogens (tertiary/aromatic N) is 1. The van der Waals surface area contributed by atoms with Crippen LogP contribution >= 0.6 is 0 Å². The maximum absolute atomic E-state index is 12.2. The van der Waals surface area contributed by atoms with Gasteiger partial charge >= 0.3 is 0 Å². The summed E-state index contributed by atoms with van der Waals surface area (Å²) < 4.78 is 25.7. The van der Waals surface area contributed by atoms with Crippen LogP contribution in [0.4, 0.5) is 0 Å². The van der Waals surface area contributed by atoms with Gasteiger partial charge in [0.2, 0.25) is 0 Å². The molecule has 1 aliphatic carbocycles. The molecule has 1 unspecified atom stereocenters. The Morgan fingerprint density at radius 3 is 2.65 bits per heavy atom. The second kappa shape index (κ2) is 5.53. The van der Waals surface area contributed by atoms with E-state index >= 15 is 0 Å². The lowest BCUT2D eigenvalue weighted by Crippen LogP contribution is -2.31. The average Bonchev–Trinajstić information content (AvgIpc) is 2.77. The van der Waals surface area contributed by atoms with Crippen molar-refractivity contribution in [2.24, 2.45) is 0 Å². The van der Waals surface area contributed by atoms with Crippen LogP contribution in [-0.2, 0) is 22.8 Å². The van der Waals surface area contributed by atoms with Crippen LogP contribution in [0.25, 0.3) is 0 Å². The molecule has 0 saturated heterocycles. The Hall–Kier alpha value is -0.810. The fourth-order valence-electron chi connectivity index (χ4n) is 2.71. The number of aryl methyl sites for hydroxylation is 2. The fourth-order valence-corrected chi connectivity index (χ4v) is 3.77. The summed E-state index contributed by atoms with van der Waals surface area (Å²) in [7, 11) is -1.07. The molecule has 4 nitrogen and oxygen atoms in total. The fraction of sp³-hybridized carbons (Fsp3) is 0.733. The lowest BCUT2D eigenvalue weighted by Gasteiger charge is -2.21. The summed E-state index contributed by atoms with van der Waals surface area (Å²) in [6.07, 6.45) is 7.70. The molecule has 1 atom stereocenters. The number of aromatic nitrogens is 1. The smallest absolute Gasteiger partial charge is 0.156 e. The summed E-state index contributed by atoms with van der Waals surface area (Å²) in [5.74, 6) is 0.203. The van der Waals surface area contributed by atoms with Crippen molar-refractivity contribution in [2.75, 3.05) is 12.8 Å². The van der Waals surface area contributed by atoms with Gasteiger partial charge in [-0.25, -0.2) is 8.42 Å². The van der Waals surface area contributed by atoms with Crippen molar-refractivity contribution in [3.05, 3.63) is 23.5 Å². The number of hydrogen-bond acceptors (Lipinski definition) is 3. The Morgan fingerprint density at radius 2 is 2.05 bits per heavy atom. The molecule has 5 heteroatoms. The highest BCUT2D eigenvalue weighted by molar-refractivity contribution is 7.92. The quantitative estimate of drug-likeness (QED) is 0.928. The molecule has 1 heterocycles. The van der Waals surface area contributed by atoms with E-state index in [1.54, 1.807) is 20.8 Å². The lowest BCUT2D eigenvalue weighted by atomic mass is 9.91. The summed E-state index contributed by atoms with van der Waals surface area (Å²) >= 11 is 0. The molecular formula is C15H26N2O2S. The second-order valence-electron chi connectivity index (χ2n) is 6.64. The molecule has 0 amide bonds. The summed E-state index contributed by atoms with van der Waals surface area (Å²) in [5, 5.41) is 3.34. The third-order valence-corrected chi connectivity index (χ3v) is 6.80. The van der Waals surface area contributed by atoms with Gasteiger partial charge in [0.15, 0.2) is 9.84 Å². The predicted octanol–water partition coefficient (Wildman–Crippen LogP) is 2.30. The molecule has 1 N–H and O–H groups in total. The first-order valence-corrected chi connectivity index (χ1v) is 8.98. The van der Waals surface area contributed by atoms with Gasteiger partial charge in [-0.05, 0) is 58.2 Å². The van der Waals surface area contributed by atoms with Crippen molar-refractivity contribution < 1.29 is 8.42 Å². The second-order valence-corrected chi connectivity index (χ2v) is 9.50. The molecule has 1 aliphatic rings. The third kappa shape index (κ3) is 3.09. The normalized spacial score (nSPS) is 19.9. The topological polar surface area (TPSA) is 51.1 Å². The number of nitrogens with one attached hydrogen (secondary N) is 1. The van der Waals surface area contributed by atoms with Crippen molar-refractivity contribution in [2.45, 2.75) is 57.4 Å². The highest BCUT2D eigenvalue weighted by Crippen LogP contribution is 2.30. The minimum Gasteiger partial charge on any atom is -0.353 e. The molecule has 0 saturated carbocycles. The van der Waals surface area contributed by atoms with Crippen molar-refractivity contribution in [3.8, 4) is 0 Å². The maximum Gasteiger partial charge on any atom is 0.156 e. The first kappa shape index (κ1) is 15.6. The Bertz CT molecular complexity index is 567. The van der Waals surface area contributed by atoms with E-state index in [1.807, 2.05) is 11.6 Å². The van der Waals surface area contributed by atoms with E-state index in [-0.39, 0.29) is 5.75 Å². The highest BCUT2D eigenvalue weighted by Gasteiger charge is 2.28. The molecule has 2 rings (SSSR count). The molecule has 0 radical (unpaired) electrons. The zero-order chi connectivity index (χ0) is 15.0. The summed E-state index contributed by atoms with van der Waals surface area (Å²) in [5.41, 5.74) is 2.70. The van der Waals surface area contributed by atoms with Crippen molar-refractivity contribution in [1.82, 2.24) is 9.88 Å². The number of fused-ring (bicyclic) bond motifs is 1. The van der Waals surface area contributed by atoms with Crippen molar-refractivity contribution in [3.63, 3.8) is 0 Å². The van der Waals surface area contributed by atoms with Gasteiger partial charge in [-0.15, -0.1) is 0 Å². The molecular weight excluding hydrogens is 272 g/mol. The molecule has 114 valence electrons. The molecule has 0 fully saturated rings. The lowest BCUT2D eigenvalue weighted by molar-refractivity contribution is 0.498. The Morgan fingerprint density at radius 1 is 1.35 bits per heavy atom. The summed E-state index contributed by atoms with van der Waals surface area (Å²) in [6, 6.07) is 0.416. The van der Waals surface area contributed by atoms with E-state index in [0.717, 1.165) is 12.8 Å². The zero-order valence-corrected chi connectivity index (χ0v) is 13.8. The van der Waals surface area contributed by atoms with E-state index < -0.39 is 14.6 Å². The first-order valence-electron chi connectivity index (χ1n) is 7.33. The zero-order valence-electron chi connectivity index (χ0n) is 12.9. The Labute approximate surface area is 122 Å². The Kier molecular flexibility index (Phi) is 4.30. The van der Waals surface area contributed by atoms with Crippen LogP contribution in [0.3, 0.4) is 0 Å². The number of sulfone groups is 1. The summed E-state index contributed by atoms with van der Waals surface area (Å²) in [6.45, 7) is 5.84. The molecule has 1 aromatic rings. The Balaban J connectivity index is 2.11. The van der Waals surface area contributed by atoms with E-state index in [9.17, 15) is 8.42 Å². The minimum absolute atomic E-state index is 0.203. The number of hydrogen-bond donors (Lipinski definition) is 1. The van der Waals surface area contributed by atoms with E-state index in [1.165, 1.54) is 17.5 Å². The van der Waals surface area contributed by atoms with Gasteiger partial charge in [0.25, 0.3) is 0 Å². The standard InChI is InChI=1S/C15H26N2O2S/c1-15(2,3)20(18,19)9-8-17-10-12-6-5-7-14(16-4)13(12)11-17/h10-11,14,16H,5-9H2,1-4H3. The van der Waals surface area contributed by atoms with Crippen LogP contribution in [0.5, 0.6) is 0 Å². The first-order chi connectivity index (χ1) is 9.24. The van der Waals surface area contributed by atoms with E-state index in [2.05, 4.69) is 17.7 Å². The highest BCUT2D eigenvalue weighted by atomic mass is 32.2. The van der Waals surface area contributed by atoms with Gasteiger partial charge in [-0.1, -0.05) is 0 Å². The van der Waals surface area contributed by atoms with Gasteiger partial charge < -0.3 is 9.88 Å². The van der Waals surface area contributed by atoms with E-state index in [4.69, 9.17) is 0 Å². The van der Waals surface area contributed by atoms with Gasteiger partial charge in [0.05, 0.1) is 10.5 Å². The van der Waals surface area contributed by atoms with Gasteiger partial charge in [0.1, 0.15) is 0 Å². The van der Waals surface area contributed by atoms with Crippen molar-refractivity contribution >= 4 is 9.84 Å². The van der Waals surface area contributed by atoms with Gasteiger partial charge in [0, 0.05) is 25.0 Å². The molecule has 20 heavy (non-hydrogen) atoms. The van der Waals surface area contributed by atoms with Crippen molar-refractivity contribution in [1.29, 1.82) is 0 Å². The molecule has 0 aliphatic heterocycles. The van der Waals surface area contributed by atoms with Crippen LogP contribution in [0.2, 0.25) is 0 Å². The third-order valence-electron chi connectivity index (χ3n) is 4.21. The van der Waals surface area contributed by atoms with Crippen LogP contribution < -0.4 is 5.32 Å². The average molecular weight is 298 g/mol. The largest absolute Gasteiger partial charge is 0.353 e. The molecule has 0 bridgehead atoms. The minimum atomic E-state index is -3.05. The van der Waals surface area contributed by atoms with Gasteiger partial charge in [-0.3, -0.25) is 0 Å². The van der Waals surface area contributed by atoms with Crippen LogP contribution in [0, 0.1) is 0 Å². The van der Waals surface area contributed by atoms with E-state index in [0.29, 0.717) is 12.6 Å². The molecule has 0 spiro atoms. The van der Waals surface area contributed by atoms with Crippen LogP contribution in [0.15, 0.2) is 12.4 Å². The SMILES string of the molecule is CNC1CCCc2cn(CCS(=O)(=O)C(C)(C)C)cc21. The van der Waals surface area contributed by atoms with Gasteiger partial charge in [-0.2, -0.15) is 0 Å².